The van der Waals surface area contributed by atoms with E-state index >= 15 is 0 Å². The fraction of sp³-hybridized carbons (Fsp3) is 0.0667. The average Bonchev–Trinajstić information content (AvgIpc) is 2.48. The van der Waals surface area contributed by atoms with Crippen molar-refractivity contribution in [2.24, 2.45) is 0 Å². The Labute approximate surface area is 130 Å². The second-order valence-corrected chi connectivity index (χ2v) is 5.39. The van der Waals surface area contributed by atoms with Gasteiger partial charge >= 0.3 is 0 Å². The normalized spacial score (nSPS) is 10.6. The molecule has 0 saturated heterocycles. The zero-order valence-electron chi connectivity index (χ0n) is 11.3. The topological polar surface area (TPSA) is 73.1 Å². The van der Waals surface area contributed by atoms with Gasteiger partial charge in [0.15, 0.2) is 11.6 Å². The number of nitrogens with zero attached hydrogens (tertiary/aromatic N) is 2. The van der Waals surface area contributed by atoms with Crippen LogP contribution in [-0.4, -0.2) is 17.1 Å². The average molecular weight is 345 g/mol. The van der Waals surface area contributed by atoms with Crippen molar-refractivity contribution in [3.8, 4) is 5.75 Å². The highest BCUT2D eigenvalue weighted by atomic mass is 79.9. The molecule has 0 amide bonds. The van der Waals surface area contributed by atoms with Crippen LogP contribution < -0.4 is 15.8 Å². The van der Waals surface area contributed by atoms with E-state index in [1.807, 2.05) is 24.3 Å². The number of rotatable bonds is 3. The lowest BCUT2D eigenvalue weighted by Gasteiger charge is -2.11. The number of hydrogen-bond donors (Lipinski definition) is 2. The highest BCUT2D eigenvalue weighted by Gasteiger charge is 2.09. The molecule has 1 aromatic heterocycles. The molecule has 3 aromatic rings. The van der Waals surface area contributed by atoms with Crippen LogP contribution in [0.1, 0.15) is 0 Å². The Balaban J connectivity index is 1.98. The standard InChI is InChI=1S/C15H13BrN4O/c1-21-13-14(17)18-8-19-15(13)20-12-5-3-9-6-11(16)4-2-10(9)7-12/h2-8H,1H3,(H3,17,18,19,20). The number of anilines is 3. The maximum Gasteiger partial charge on any atom is 0.204 e. The number of nitrogens with two attached hydrogens (primary N) is 1. The fourth-order valence-corrected chi connectivity index (χ4v) is 2.49. The third kappa shape index (κ3) is 2.75. The van der Waals surface area contributed by atoms with Crippen LogP contribution in [0.2, 0.25) is 0 Å². The smallest absolute Gasteiger partial charge is 0.204 e. The Kier molecular flexibility index (Phi) is 3.62. The summed E-state index contributed by atoms with van der Waals surface area (Å²) >= 11 is 3.47. The molecule has 5 nitrogen and oxygen atoms in total. The Hall–Kier alpha value is -2.34. The summed E-state index contributed by atoms with van der Waals surface area (Å²) in [6, 6.07) is 12.2. The van der Waals surface area contributed by atoms with E-state index in [9.17, 15) is 0 Å². The lowest BCUT2D eigenvalue weighted by Crippen LogP contribution is -2.02. The van der Waals surface area contributed by atoms with Crippen molar-refractivity contribution in [1.29, 1.82) is 0 Å². The Morgan fingerprint density at radius 2 is 1.86 bits per heavy atom. The number of halogens is 1. The quantitative estimate of drug-likeness (QED) is 0.757. The molecule has 106 valence electrons. The van der Waals surface area contributed by atoms with Gasteiger partial charge in [-0.25, -0.2) is 9.97 Å². The van der Waals surface area contributed by atoms with Crippen LogP contribution in [0.4, 0.5) is 17.3 Å². The van der Waals surface area contributed by atoms with Crippen molar-refractivity contribution in [2.75, 3.05) is 18.2 Å². The van der Waals surface area contributed by atoms with E-state index in [1.165, 1.54) is 13.4 Å². The molecule has 1 heterocycles. The number of benzene rings is 2. The fourth-order valence-electron chi connectivity index (χ4n) is 2.11. The summed E-state index contributed by atoms with van der Waals surface area (Å²) in [6.07, 6.45) is 1.40. The third-order valence-corrected chi connectivity index (χ3v) is 3.59. The maximum atomic E-state index is 5.77. The predicted octanol–water partition coefficient (Wildman–Crippen LogP) is 3.73. The number of nitrogen functional groups attached to an aromatic ring is 1. The zero-order chi connectivity index (χ0) is 14.8. The lowest BCUT2D eigenvalue weighted by molar-refractivity contribution is 0.415. The van der Waals surface area contributed by atoms with Gasteiger partial charge in [-0.05, 0) is 35.0 Å². The summed E-state index contributed by atoms with van der Waals surface area (Å²) < 4.78 is 6.29. The molecule has 3 rings (SSSR count). The summed E-state index contributed by atoms with van der Waals surface area (Å²) in [4.78, 5) is 8.07. The van der Waals surface area contributed by atoms with Crippen molar-refractivity contribution in [1.82, 2.24) is 9.97 Å². The molecule has 0 fully saturated rings. The largest absolute Gasteiger partial charge is 0.490 e. The van der Waals surface area contributed by atoms with Gasteiger partial charge in [0.05, 0.1) is 7.11 Å². The number of aromatic nitrogens is 2. The van der Waals surface area contributed by atoms with Gasteiger partial charge in [0, 0.05) is 10.2 Å². The first kappa shape index (κ1) is 13.6. The number of methoxy groups -OCH3 is 1. The molecule has 0 radical (unpaired) electrons. The van der Waals surface area contributed by atoms with Gasteiger partial charge in [0.2, 0.25) is 5.75 Å². The summed E-state index contributed by atoms with van der Waals surface area (Å²) in [5, 5.41) is 5.49. The summed E-state index contributed by atoms with van der Waals surface area (Å²) in [5.74, 6) is 1.29. The number of nitrogens with one attached hydrogen (secondary N) is 1. The van der Waals surface area contributed by atoms with Gasteiger partial charge in [0.25, 0.3) is 0 Å². The van der Waals surface area contributed by atoms with Crippen LogP contribution in [0.25, 0.3) is 10.8 Å². The third-order valence-electron chi connectivity index (χ3n) is 3.10. The molecule has 0 saturated carbocycles. The van der Waals surface area contributed by atoms with Gasteiger partial charge < -0.3 is 15.8 Å². The van der Waals surface area contributed by atoms with Gasteiger partial charge in [-0.15, -0.1) is 0 Å². The minimum absolute atomic E-state index is 0.305. The van der Waals surface area contributed by atoms with E-state index < -0.39 is 0 Å². The van der Waals surface area contributed by atoms with Gasteiger partial charge in [-0.1, -0.05) is 28.1 Å². The van der Waals surface area contributed by atoms with Crippen molar-refractivity contribution >= 4 is 44.0 Å². The monoisotopic (exact) mass is 344 g/mol. The van der Waals surface area contributed by atoms with Crippen LogP contribution in [0, 0.1) is 0 Å². The summed E-state index contributed by atoms with van der Waals surface area (Å²) in [5.41, 5.74) is 6.68. The van der Waals surface area contributed by atoms with Crippen LogP contribution in [0.5, 0.6) is 5.75 Å². The molecule has 0 bridgehead atoms. The number of hydrogen-bond acceptors (Lipinski definition) is 5. The second kappa shape index (κ2) is 5.57. The van der Waals surface area contributed by atoms with E-state index in [0.29, 0.717) is 17.4 Å². The van der Waals surface area contributed by atoms with E-state index in [4.69, 9.17) is 10.5 Å². The van der Waals surface area contributed by atoms with Gasteiger partial charge in [-0.3, -0.25) is 0 Å². The summed E-state index contributed by atoms with van der Waals surface area (Å²) in [6.45, 7) is 0. The molecule has 0 atom stereocenters. The maximum absolute atomic E-state index is 5.77. The molecule has 0 spiro atoms. The number of fused-ring (bicyclic) bond motifs is 1. The number of ether oxygens (including phenoxy) is 1. The van der Waals surface area contributed by atoms with E-state index in [2.05, 4.69) is 43.3 Å². The molecule has 6 heteroatoms. The van der Waals surface area contributed by atoms with Crippen LogP contribution in [-0.2, 0) is 0 Å². The van der Waals surface area contributed by atoms with Crippen molar-refractivity contribution in [3.05, 3.63) is 47.2 Å². The second-order valence-electron chi connectivity index (χ2n) is 4.47. The Morgan fingerprint density at radius 3 is 2.67 bits per heavy atom. The van der Waals surface area contributed by atoms with Crippen molar-refractivity contribution < 1.29 is 4.74 Å². The highest BCUT2D eigenvalue weighted by molar-refractivity contribution is 9.10. The lowest BCUT2D eigenvalue weighted by atomic mass is 10.1. The molecule has 21 heavy (non-hydrogen) atoms. The summed E-state index contributed by atoms with van der Waals surface area (Å²) in [7, 11) is 1.54. The van der Waals surface area contributed by atoms with Gasteiger partial charge in [0.1, 0.15) is 6.33 Å². The molecule has 0 aliphatic carbocycles. The Morgan fingerprint density at radius 1 is 1.10 bits per heavy atom. The minimum Gasteiger partial charge on any atom is -0.490 e. The van der Waals surface area contributed by atoms with Crippen LogP contribution >= 0.6 is 15.9 Å². The SMILES string of the molecule is COc1c(N)ncnc1Nc1ccc2cc(Br)ccc2c1. The molecule has 3 N–H and O–H groups in total. The van der Waals surface area contributed by atoms with E-state index in [0.717, 1.165) is 20.9 Å². The van der Waals surface area contributed by atoms with Crippen molar-refractivity contribution in [3.63, 3.8) is 0 Å². The van der Waals surface area contributed by atoms with Crippen LogP contribution in [0.3, 0.4) is 0 Å². The minimum atomic E-state index is 0.305. The van der Waals surface area contributed by atoms with Crippen molar-refractivity contribution in [2.45, 2.75) is 0 Å². The zero-order valence-corrected chi connectivity index (χ0v) is 12.9. The first-order valence-electron chi connectivity index (χ1n) is 6.28. The molecule has 2 aromatic carbocycles. The molecular weight excluding hydrogens is 332 g/mol. The first-order valence-corrected chi connectivity index (χ1v) is 7.07. The highest BCUT2D eigenvalue weighted by Crippen LogP contribution is 2.30. The van der Waals surface area contributed by atoms with Crippen LogP contribution in [0.15, 0.2) is 47.2 Å². The molecule has 0 aliphatic heterocycles. The molecule has 0 unspecified atom stereocenters. The molecule has 0 aliphatic rings. The van der Waals surface area contributed by atoms with E-state index in [1.54, 1.807) is 0 Å². The van der Waals surface area contributed by atoms with E-state index in [-0.39, 0.29) is 0 Å². The Bertz CT molecular complexity index is 807. The molecular formula is C15H13BrN4O. The van der Waals surface area contributed by atoms with Gasteiger partial charge in [-0.2, -0.15) is 0 Å². The first-order chi connectivity index (χ1) is 10.2. The predicted molar refractivity (Wildman–Crippen MR) is 87.9 cm³/mol.